The summed E-state index contributed by atoms with van der Waals surface area (Å²) < 4.78 is 29.1. The average Bonchev–Trinajstić information content (AvgIpc) is 3.33. The van der Waals surface area contributed by atoms with Crippen molar-refractivity contribution in [1.29, 1.82) is 0 Å². The molecule has 0 radical (unpaired) electrons. The topological polar surface area (TPSA) is 82.6 Å². The third-order valence-corrected chi connectivity index (χ3v) is 5.02. The van der Waals surface area contributed by atoms with E-state index >= 15 is 0 Å². The van der Waals surface area contributed by atoms with E-state index in [-0.39, 0.29) is 24.5 Å². The maximum Gasteiger partial charge on any atom is 0.321 e. The molecular weight excluding hydrogens is 425 g/mol. The largest absolute Gasteiger partial charge is 0.454 e. The predicted octanol–water partition coefficient (Wildman–Crippen LogP) is 4.73. The number of fused-ring (bicyclic) bond motifs is 1. The second kappa shape index (κ2) is 8.96. The molecule has 4 aromatic rings. The maximum atomic E-state index is 13.0. The van der Waals surface area contributed by atoms with E-state index in [1.165, 1.54) is 24.3 Å². The Hall–Kier alpha value is -4.46. The Morgan fingerprint density at radius 3 is 2.39 bits per heavy atom. The van der Waals surface area contributed by atoms with Crippen molar-refractivity contribution in [2.24, 2.45) is 0 Å². The van der Waals surface area contributed by atoms with Crippen LogP contribution in [0, 0.1) is 5.82 Å². The minimum absolute atomic E-state index is 0.157. The zero-order valence-corrected chi connectivity index (χ0v) is 17.3. The quantitative estimate of drug-likeness (QED) is 0.464. The van der Waals surface area contributed by atoms with E-state index in [0.717, 1.165) is 16.7 Å². The van der Waals surface area contributed by atoms with Gasteiger partial charge in [0.25, 0.3) is 5.91 Å². The van der Waals surface area contributed by atoms with Gasteiger partial charge in [-0.25, -0.2) is 14.4 Å². The van der Waals surface area contributed by atoms with Gasteiger partial charge < -0.3 is 19.5 Å². The van der Waals surface area contributed by atoms with Crippen LogP contribution >= 0.6 is 0 Å². The Morgan fingerprint density at radius 1 is 0.909 bits per heavy atom. The van der Waals surface area contributed by atoms with Gasteiger partial charge in [0.15, 0.2) is 11.5 Å². The van der Waals surface area contributed by atoms with Crippen LogP contribution in [0.15, 0.2) is 79.1 Å². The molecule has 1 aliphatic rings. The Morgan fingerprint density at radius 2 is 1.64 bits per heavy atom. The minimum Gasteiger partial charge on any atom is -0.454 e. The highest BCUT2D eigenvalue weighted by atomic mass is 19.1. The van der Waals surface area contributed by atoms with E-state index < -0.39 is 0 Å². The SMILES string of the molecule is O=C(NCc1ccc2c(c1)OCO2)c1ccc(-c2cnc(Oc3ccc(F)cc3)nc2)cc1. The standard InChI is InChI=1S/C25H18FN3O4/c26-20-6-8-21(9-7-20)33-25-28-13-19(14-29-25)17-2-4-18(5-3-17)24(30)27-12-16-1-10-22-23(11-16)32-15-31-22/h1-11,13-14H,12,15H2,(H,27,30). The molecule has 0 unspecified atom stereocenters. The molecule has 33 heavy (non-hydrogen) atoms. The van der Waals surface area contributed by atoms with E-state index in [1.807, 2.05) is 30.3 Å². The Bertz CT molecular complexity index is 1280. The first-order valence-electron chi connectivity index (χ1n) is 10.2. The van der Waals surface area contributed by atoms with Crippen molar-refractivity contribution >= 4 is 5.91 Å². The van der Waals surface area contributed by atoms with Crippen LogP contribution in [0.5, 0.6) is 23.3 Å². The first-order valence-corrected chi connectivity index (χ1v) is 10.2. The monoisotopic (exact) mass is 443 g/mol. The third kappa shape index (κ3) is 4.74. The zero-order valence-electron chi connectivity index (χ0n) is 17.3. The fraction of sp³-hybridized carbons (Fsp3) is 0.0800. The second-order valence-corrected chi connectivity index (χ2v) is 7.26. The molecule has 1 aliphatic heterocycles. The van der Waals surface area contributed by atoms with E-state index in [9.17, 15) is 9.18 Å². The molecule has 164 valence electrons. The van der Waals surface area contributed by atoms with Crippen LogP contribution in [-0.4, -0.2) is 22.7 Å². The summed E-state index contributed by atoms with van der Waals surface area (Å²) in [5, 5.41) is 2.90. The lowest BCUT2D eigenvalue weighted by Gasteiger charge is -2.08. The number of nitrogens with zero attached hydrogens (tertiary/aromatic N) is 2. The number of amides is 1. The molecule has 1 N–H and O–H groups in total. The molecule has 2 heterocycles. The van der Waals surface area contributed by atoms with Gasteiger partial charge in [-0.2, -0.15) is 0 Å². The normalized spacial score (nSPS) is 11.8. The van der Waals surface area contributed by atoms with Crippen LogP contribution in [0.1, 0.15) is 15.9 Å². The first kappa shape index (κ1) is 20.4. The summed E-state index contributed by atoms with van der Waals surface area (Å²) in [4.78, 5) is 20.9. The number of hydrogen-bond donors (Lipinski definition) is 1. The van der Waals surface area contributed by atoms with Gasteiger partial charge in [-0.1, -0.05) is 18.2 Å². The van der Waals surface area contributed by atoms with Crippen LogP contribution in [0.25, 0.3) is 11.1 Å². The van der Waals surface area contributed by atoms with Crippen molar-refractivity contribution < 1.29 is 23.4 Å². The maximum absolute atomic E-state index is 13.0. The molecule has 1 amide bonds. The highest BCUT2D eigenvalue weighted by Crippen LogP contribution is 2.32. The second-order valence-electron chi connectivity index (χ2n) is 7.26. The summed E-state index contributed by atoms with van der Waals surface area (Å²) in [7, 11) is 0. The van der Waals surface area contributed by atoms with Crippen molar-refractivity contribution in [3.05, 3.63) is 96.1 Å². The van der Waals surface area contributed by atoms with Gasteiger partial charge in [0.05, 0.1) is 0 Å². The Balaban J connectivity index is 1.20. The predicted molar refractivity (Wildman–Crippen MR) is 118 cm³/mol. The van der Waals surface area contributed by atoms with Crippen molar-refractivity contribution in [3.8, 4) is 34.4 Å². The van der Waals surface area contributed by atoms with Crippen LogP contribution in [0.2, 0.25) is 0 Å². The van der Waals surface area contributed by atoms with Gasteiger partial charge in [-0.3, -0.25) is 4.79 Å². The fourth-order valence-electron chi connectivity index (χ4n) is 3.28. The number of halogens is 1. The van der Waals surface area contributed by atoms with E-state index in [4.69, 9.17) is 14.2 Å². The molecule has 0 spiro atoms. The lowest BCUT2D eigenvalue weighted by Crippen LogP contribution is -2.22. The first-order chi connectivity index (χ1) is 16.1. The van der Waals surface area contributed by atoms with Crippen molar-refractivity contribution in [1.82, 2.24) is 15.3 Å². The molecule has 3 aromatic carbocycles. The van der Waals surface area contributed by atoms with E-state index in [1.54, 1.807) is 24.5 Å². The third-order valence-electron chi connectivity index (χ3n) is 5.02. The number of carbonyl (C=O) groups excluding carboxylic acids is 1. The molecule has 0 saturated carbocycles. The number of benzene rings is 3. The van der Waals surface area contributed by atoms with Crippen molar-refractivity contribution in [2.75, 3.05) is 6.79 Å². The highest BCUT2D eigenvalue weighted by Gasteiger charge is 2.14. The molecule has 0 fully saturated rings. The molecule has 1 aromatic heterocycles. The zero-order chi connectivity index (χ0) is 22.6. The van der Waals surface area contributed by atoms with Gasteiger partial charge in [0, 0.05) is 30.1 Å². The molecule has 0 saturated heterocycles. The lowest BCUT2D eigenvalue weighted by atomic mass is 10.1. The molecular formula is C25H18FN3O4. The summed E-state index contributed by atoms with van der Waals surface area (Å²) in [6.45, 7) is 0.590. The number of nitrogens with one attached hydrogen (secondary N) is 1. The Kier molecular flexibility index (Phi) is 5.55. The number of carbonyl (C=O) groups is 1. The van der Waals surface area contributed by atoms with Crippen LogP contribution < -0.4 is 19.5 Å². The van der Waals surface area contributed by atoms with E-state index in [2.05, 4.69) is 15.3 Å². The summed E-state index contributed by atoms with van der Waals surface area (Å²) in [5.41, 5.74) is 3.09. The number of aromatic nitrogens is 2. The number of hydrogen-bond acceptors (Lipinski definition) is 6. The Labute approximate surface area is 188 Å². The van der Waals surface area contributed by atoms with Gasteiger partial charge in [0.1, 0.15) is 11.6 Å². The number of ether oxygens (including phenoxy) is 3. The summed E-state index contributed by atoms with van der Waals surface area (Å²) in [6, 6.07) is 18.5. The average molecular weight is 443 g/mol. The van der Waals surface area contributed by atoms with Crippen LogP contribution in [0.3, 0.4) is 0 Å². The van der Waals surface area contributed by atoms with Gasteiger partial charge in [-0.05, 0) is 59.7 Å². The molecule has 7 nitrogen and oxygen atoms in total. The van der Waals surface area contributed by atoms with Gasteiger partial charge >= 0.3 is 6.01 Å². The highest BCUT2D eigenvalue weighted by molar-refractivity contribution is 5.94. The van der Waals surface area contributed by atoms with Gasteiger partial charge in [0.2, 0.25) is 6.79 Å². The summed E-state index contributed by atoms with van der Waals surface area (Å²) >= 11 is 0. The fourth-order valence-corrected chi connectivity index (χ4v) is 3.28. The molecule has 0 bridgehead atoms. The molecule has 0 aliphatic carbocycles. The molecule has 5 rings (SSSR count). The van der Waals surface area contributed by atoms with Crippen LogP contribution in [0.4, 0.5) is 4.39 Å². The molecule has 8 heteroatoms. The summed E-state index contributed by atoms with van der Waals surface area (Å²) in [5.74, 6) is 1.31. The van der Waals surface area contributed by atoms with Crippen molar-refractivity contribution in [3.63, 3.8) is 0 Å². The number of rotatable bonds is 6. The van der Waals surface area contributed by atoms with E-state index in [0.29, 0.717) is 29.4 Å². The summed E-state index contributed by atoms with van der Waals surface area (Å²) in [6.07, 6.45) is 3.25. The molecule has 0 atom stereocenters. The van der Waals surface area contributed by atoms with Gasteiger partial charge in [-0.15, -0.1) is 0 Å². The minimum atomic E-state index is -0.344. The smallest absolute Gasteiger partial charge is 0.321 e. The lowest BCUT2D eigenvalue weighted by molar-refractivity contribution is 0.0951. The van der Waals surface area contributed by atoms with Crippen molar-refractivity contribution in [2.45, 2.75) is 6.54 Å². The van der Waals surface area contributed by atoms with Crippen LogP contribution in [-0.2, 0) is 6.54 Å².